The summed E-state index contributed by atoms with van der Waals surface area (Å²) in [4.78, 5) is 13.5. The SMILES string of the molecule is Cc1ccccc1NCc1ccc(N2CCCCC2C)c([N+](=O)[O-])c1. The Morgan fingerprint density at radius 2 is 2.04 bits per heavy atom. The van der Waals surface area contributed by atoms with Crippen LogP contribution in [0.15, 0.2) is 42.5 Å². The molecule has 3 rings (SSSR count). The molecule has 0 aliphatic carbocycles. The Kier molecular flexibility index (Phi) is 5.22. The average Bonchev–Trinajstić information content (AvgIpc) is 2.61. The lowest BCUT2D eigenvalue weighted by molar-refractivity contribution is -0.384. The lowest BCUT2D eigenvalue weighted by Crippen LogP contribution is -2.37. The molecule has 0 spiro atoms. The molecule has 1 aliphatic rings. The Labute approximate surface area is 148 Å². The summed E-state index contributed by atoms with van der Waals surface area (Å²) in [7, 11) is 0. The van der Waals surface area contributed by atoms with Gasteiger partial charge >= 0.3 is 0 Å². The van der Waals surface area contributed by atoms with E-state index >= 15 is 0 Å². The molecule has 132 valence electrons. The molecule has 1 atom stereocenters. The number of nitrogens with zero attached hydrogens (tertiary/aromatic N) is 2. The zero-order valence-corrected chi connectivity index (χ0v) is 14.9. The molecule has 1 fully saturated rings. The molecule has 0 aromatic heterocycles. The van der Waals surface area contributed by atoms with Crippen molar-refractivity contribution in [1.29, 1.82) is 0 Å². The van der Waals surface area contributed by atoms with Crippen molar-refractivity contribution in [2.75, 3.05) is 16.8 Å². The van der Waals surface area contributed by atoms with Crippen LogP contribution in [0.2, 0.25) is 0 Å². The largest absolute Gasteiger partial charge is 0.381 e. The lowest BCUT2D eigenvalue weighted by Gasteiger charge is -2.35. The molecule has 1 aliphatic heterocycles. The van der Waals surface area contributed by atoms with Crippen LogP contribution in [0.1, 0.15) is 37.3 Å². The minimum atomic E-state index is -0.256. The molecular formula is C20H25N3O2. The minimum Gasteiger partial charge on any atom is -0.381 e. The molecule has 2 aromatic carbocycles. The summed E-state index contributed by atoms with van der Waals surface area (Å²) < 4.78 is 0. The first-order valence-corrected chi connectivity index (χ1v) is 8.89. The van der Waals surface area contributed by atoms with Gasteiger partial charge < -0.3 is 10.2 Å². The maximum atomic E-state index is 11.6. The monoisotopic (exact) mass is 339 g/mol. The van der Waals surface area contributed by atoms with E-state index in [2.05, 4.69) is 17.1 Å². The second-order valence-electron chi connectivity index (χ2n) is 6.79. The van der Waals surface area contributed by atoms with Crippen molar-refractivity contribution >= 4 is 17.1 Å². The molecule has 0 bridgehead atoms. The molecular weight excluding hydrogens is 314 g/mol. The van der Waals surface area contributed by atoms with Gasteiger partial charge in [0.25, 0.3) is 5.69 Å². The van der Waals surface area contributed by atoms with Crippen molar-refractivity contribution in [3.63, 3.8) is 0 Å². The molecule has 1 saturated heterocycles. The van der Waals surface area contributed by atoms with Crippen molar-refractivity contribution in [3.8, 4) is 0 Å². The van der Waals surface area contributed by atoms with Gasteiger partial charge in [0.1, 0.15) is 5.69 Å². The number of nitrogens with one attached hydrogen (secondary N) is 1. The number of piperidine rings is 1. The Morgan fingerprint density at radius 3 is 2.76 bits per heavy atom. The predicted molar refractivity (Wildman–Crippen MR) is 102 cm³/mol. The first-order chi connectivity index (χ1) is 12.1. The molecule has 25 heavy (non-hydrogen) atoms. The number of hydrogen-bond acceptors (Lipinski definition) is 4. The van der Waals surface area contributed by atoms with Crippen LogP contribution < -0.4 is 10.2 Å². The van der Waals surface area contributed by atoms with Crippen LogP contribution in [0.5, 0.6) is 0 Å². The number of rotatable bonds is 5. The van der Waals surface area contributed by atoms with Crippen molar-refractivity contribution in [3.05, 3.63) is 63.7 Å². The fourth-order valence-corrected chi connectivity index (χ4v) is 3.49. The topological polar surface area (TPSA) is 58.4 Å². The summed E-state index contributed by atoms with van der Waals surface area (Å²) in [6.07, 6.45) is 3.38. The highest BCUT2D eigenvalue weighted by atomic mass is 16.6. The molecule has 2 aromatic rings. The van der Waals surface area contributed by atoms with Gasteiger partial charge in [0.2, 0.25) is 0 Å². The van der Waals surface area contributed by atoms with Gasteiger partial charge in [-0.15, -0.1) is 0 Å². The highest BCUT2D eigenvalue weighted by Crippen LogP contribution is 2.33. The smallest absolute Gasteiger partial charge is 0.292 e. The molecule has 5 heteroatoms. The highest BCUT2D eigenvalue weighted by molar-refractivity contribution is 5.65. The van der Waals surface area contributed by atoms with Crippen LogP contribution in [0.25, 0.3) is 0 Å². The van der Waals surface area contributed by atoms with E-state index in [9.17, 15) is 10.1 Å². The molecule has 1 heterocycles. The average molecular weight is 339 g/mol. The third-order valence-electron chi connectivity index (χ3n) is 4.98. The van der Waals surface area contributed by atoms with E-state index in [4.69, 9.17) is 0 Å². The number of anilines is 2. The summed E-state index contributed by atoms with van der Waals surface area (Å²) >= 11 is 0. The van der Waals surface area contributed by atoms with Gasteiger partial charge in [0, 0.05) is 30.9 Å². The van der Waals surface area contributed by atoms with Gasteiger partial charge in [-0.1, -0.05) is 24.3 Å². The van der Waals surface area contributed by atoms with Crippen LogP contribution in [0.3, 0.4) is 0 Å². The first kappa shape index (κ1) is 17.3. The number of nitro groups is 1. The fraction of sp³-hybridized carbons (Fsp3) is 0.400. The molecule has 0 radical (unpaired) electrons. The molecule has 5 nitrogen and oxygen atoms in total. The molecule has 0 amide bonds. The van der Waals surface area contributed by atoms with Crippen LogP contribution in [0.4, 0.5) is 17.1 Å². The van der Waals surface area contributed by atoms with Gasteiger partial charge in [-0.2, -0.15) is 0 Å². The van der Waals surface area contributed by atoms with E-state index in [1.54, 1.807) is 6.07 Å². The second kappa shape index (κ2) is 7.55. The van der Waals surface area contributed by atoms with Crippen molar-refractivity contribution in [1.82, 2.24) is 0 Å². The van der Waals surface area contributed by atoms with Gasteiger partial charge in [-0.25, -0.2) is 0 Å². The zero-order chi connectivity index (χ0) is 17.8. The highest BCUT2D eigenvalue weighted by Gasteiger charge is 2.25. The summed E-state index contributed by atoms with van der Waals surface area (Å²) in [5.74, 6) is 0. The van der Waals surface area contributed by atoms with E-state index in [0.29, 0.717) is 12.6 Å². The number of aryl methyl sites for hydroxylation is 1. The van der Waals surface area contributed by atoms with E-state index < -0.39 is 0 Å². The van der Waals surface area contributed by atoms with E-state index in [0.717, 1.165) is 41.9 Å². The molecule has 0 saturated carbocycles. The first-order valence-electron chi connectivity index (χ1n) is 8.89. The van der Waals surface area contributed by atoms with Crippen molar-refractivity contribution in [2.24, 2.45) is 0 Å². The minimum absolute atomic E-state index is 0.206. The standard InChI is InChI=1S/C20H25N3O2/c1-15-7-3-4-9-18(15)21-14-17-10-11-19(20(13-17)23(24)25)22-12-6-5-8-16(22)2/h3-4,7,9-11,13,16,21H,5-6,8,12,14H2,1-2H3. The number of para-hydroxylation sites is 1. The Hall–Kier alpha value is -2.56. The Bertz CT molecular complexity index is 760. The fourth-order valence-electron chi connectivity index (χ4n) is 3.49. The Balaban J connectivity index is 1.81. The van der Waals surface area contributed by atoms with Crippen LogP contribution in [-0.2, 0) is 6.54 Å². The van der Waals surface area contributed by atoms with Gasteiger partial charge in [-0.05, 0) is 56.4 Å². The Morgan fingerprint density at radius 1 is 1.24 bits per heavy atom. The van der Waals surface area contributed by atoms with E-state index in [1.165, 1.54) is 6.42 Å². The third kappa shape index (κ3) is 3.92. The summed E-state index contributed by atoms with van der Waals surface area (Å²) in [6.45, 7) is 5.66. The third-order valence-corrected chi connectivity index (χ3v) is 4.98. The maximum absolute atomic E-state index is 11.6. The molecule has 1 N–H and O–H groups in total. The number of benzene rings is 2. The second-order valence-corrected chi connectivity index (χ2v) is 6.79. The summed E-state index contributed by atoms with van der Waals surface area (Å²) in [5, 5.41) is 15.0. The van der Waals surface area contributed by atoms with E-state index in [-0.39, 0.29) is 10.6 Å². The number of nitro benzene ring substituents is 1. The van der Waals surface area contributed by atoms with Crippen LogP contribution in [-0.4, -0.2) is 17.5 Å². The maximum Gasteiger partial charge on any atom is 0.292 e. The van der Waals surface area contributed by atoms with Gasteiger partial charge in [0.15, 0.2) is 0 Å². The van der Waals surface area contributed by atoms with E-state index in [1.807, 2.05) is 43.3 Å². The van der Waals surface area contributed by atoms with Gasteiger partial charge in [0.05, 0.1) is 4.92 Å². The van der Waals surface area contributed by atoms with Crippen LogP contribution >= 0.6 is 0 Å². The van der Waals surface area contributed by atoms with Gasteiger partial charge in [-0.3, -0.25) is 10.1 Å². The normalized spacial score (nSPS) is 17.4. The quantitative estimate of drug-likeness (QED) is 0.622. The number of hydrogen-bond donors (Lipinski definition) is 1. The van der Waals surface area contributed by atoms with Crippen molar-refractivity contribution in [2.45, 2.75) is 45.7 Å². The summed E-state index contributed by atoms with van der Waals surface area (Å²) in [6, 6.07) is 14.0. The zero-order valence-electron chi connectivity index (χ0n) is 14.9. The van der Waals surface area contributed by atoms with Crippen molar-refractivity contribution < 1.29 is 4.92 Å². The summed E-state index contributed by atoms with van der Waals surface area (Å²) in [5.41, 5.74) is 4.09. The molecule has 1 unspecified atom stereocenters. The van der Waals surface area contributed by atoms with Crippen LogP contribution in [0, 0.1) is 17.0 Å². The lowest BCUT2D eigenvalue weighted by atomic mass is 10.0. The predicted octanol–water partition coefficient (Wildman–Crippen LogP) is 4.89.